The predicted octanol–water partition coefficient (Wildman–Crippen LogP) is 2.36. The minimum atomic E-state index is -0.00166. The van der Waals surface area contributed by atoms with Gasteiger partial charge in [-0.3, -0.25) is 4.79 Å². The highest BCUT2D eigenvalue weighted by molar-refractivity contribution is 7.99. The molecule has 19 heavy (non-hydrogen) atoms. The largest absolute Gasteiger partial charge is 0.381 e. The molecule has 1 aliphatic rings. The molecule has 0 unspecified atom stereocenters. The molecule has 1 amide bonds. The Morgan fingerprint density at radius 2 is 2.26 bits per heavy atom. The Hall–Kier alpha value is -1.79. The number of halogens is 1. The number of nitrogen functional groups attached to an aromatic ring is 1. The van der Waals surface area contributed by atoms with Crippen molar-refractivity contribution in [2.45, 2.75) is 16.3 Å². The molecule has 0 radical (unpaired) electrons. The lowest BCUT2D eigenvalue weighted by Crippen LogP contribution is -2.03. The van der Waals surface area contributed by atoms with Gasteiger partial charge in [0, 0.05) is 10.6 Å². The van der Waals surface area contributed by atoms with Gasteiger partial charge in [0.1, 0.15) is 10.2 Å². The average Bonchev–Trinajstić information content (AvgIpc) is 2.74. The van der Waals surface area contributed by atoms with Crippen LogP contribution < -0.4 is 11.1 Å². The Labute approximate surface area is 118 Å². The van der Waals surface area contributed by atoms with Gasteiger partial charge in [-0.15, -0.1) is 0 Å². The molecule has 5 nitrogen and oxygen atoms in total. The average molecular weight is 293 g/mol. The molecule has 3 rings (SSSR count). The highest BCUT2D eigenvalue weighted by Crippen LogP contribution is 2.37. The van der Waals surface area contributed by atoms with Gasteiger partial charge in [0.15, 0.2) is 5.82 Å². The van der Waals surface area contributed by atoms with E-state index in [1.807, 2.05) is 18.2 Å². The van der Waals surface area contributed by atoms with Gasteiger partial charge in [0.2, 0.25) is 5.91 Å². The fourth-order valence-electron chi connectivity index (χ4n) is 1.87. The normalized spacial score (nSPS) is 13.2. The van der Waals surface area contributed by atoms with Crippen LogP contribution in [0.4, 0.5) is 11.5 Å². The van der Waals surface area contributed by atoms with Crippen molar-refractivity contribution in [2.75, 3.05) is 11.1 Å². The Kier molecular flexibility index (Phi) is 3.04. The first kappa shape index (κ1) is 12.3. The molecule has 0 spiro atoms. The number of benzene rings is 1. The Morgan fingerprint density at radius 3 is 3.05 bits per heavy atom. The van der Waals surface area contributed by atoms with Crippen molar-refractivity contribution in [3.05, 3.63) is 35.1 Å². The summed E-state index contributed by atoms with van der Waals surface area (Å²) in [6.07, 6.45) is 1.83. The number of fused-ring (bicyclic) bond motifs is 1. The third kappa shape index (κ3) is 2.36. The molecular formula is C12H9ClN4OS. The van der Waals surface area contributed by atoms with Crippen LogP contribution in [0.15, 0.2) is 34.3 Å². The zero-order chi connectivity index (χ0) is 13.4. The van der Waals surface area contributed by atoms with Crippen molar-refractivity contribution in [1.29, 1.82) is 0 Å². The van der Waals surface area contributed by atoms with E-state index in [0.717, 1.165) is 16.1 Å². The third-order valence-electron chi connectivity index (χ3n) is 2.69. The van der Waals surface area contributed by atoms with Crippen LogP contribution in [-0.2, 0) is 11.2 Å². The molecule has 3 N–H and O–H groups in total. The highest BCUT2D eigenvalue weighted by Gasteiger charge is 2.21. The topological polar surface area (TPSA) is 80.9 Å². The maximum Gasteiger partial charge on any atom is 0.228 e. The number of amides is 1. The summed E-state index contributed by atoms with van der Waals surface area (Å²) in [4.78, 5) is 20.5. The lowest BCUT2D eigenvalue weighted by molar-refractivity contribution is -0.115. The lowest BCUT2D eigenvalue weighted by atomic mass is 10.2. The van der Waals surface area contributed by atoms with Crippen molar-refractivity contribution in [2.24, 2.45) is 0 Å². The first-order valence-corrected chi connectivity index (χ1v) is 6.70. The Balaban J connectivity index is 1.97. The second-order valence-electron chi connectivity index (χ2n) is 3.99. The van der Waals surface area contributed by atoms with Crippen molar-refractivity contribution in [3.8, 4) is 0 Å². The molecule has 7 heteroatoms. The van der Waals surface area contributed by atoms with Crippen LogP contribution in [0.5, 0.6) is 0 Å². The molecule has 2 aromatic rings. The van der Waals surface area contributed by atoms with Crippen LogP contribution in [0.25, 0.3) is 0 Å². The summed E-state index contributed by atoms with van der Waals surface area (Å²) in [5, 5.41) is 3.65. The summed E-state index contributed by atoms with van der Waals surface area (Å²) in [6, 6.07) is 5.69. The lowest BCUT2D eigenvalue weighted by Gasteiger charge is -2.07. The van der Waals surface area contributed by atoms with E-state index < -0.39 is 0 Å². The monoisotopic (exact) mass is 292 g/mol. The summed E-state index contributed by atoms with van der Waals surface area (Å²) in [7, 11) is 0. The van der Waals surface area contributed by atoms with Crippen molar-refractivity contribution < 1.29 is 4.79 Å². The molecule has 96 valence electrons. The fraction of sp³-hybridized carbons (Fsp3) is 0.0833. The molecule has 1 aliphatic heterocycles. The van der Waals surface area contributed by atoms with E-state index in [1.165, 1.54) is 18.0 Å². The van der Waals surface area contributed by atoms with E-state index in [1.54, 1.807) is 0 Å². The number of carbonyl (C=O) groups is 1. The van der Waals surface area contributed by atoms with E-state index in [9.17, 15) is 4.79 Å². The van der Waals surface area contributed by atoms with E-state index >= 15 is 0 Å². The van der Waals surface area contributed by atoms with E-state index in [0.29, 0.717) is 11.4 Å². The fourth-order valence-corrected chi connectivity index (χ4v) is 2.92. The van der Waals surface area contributed by atoms with Crippen LogP contribution in [0, 0.1) is 0 Å². The van der Waals surface area contributed by atoms with Crippen molar-refractivity contribution >= 4 is 40.8 Å². The number of nitrogens with one attached hydrogen (secondary N) is 1. The van der Waals surface area contributed by atoms with Gasteiger partial charge >= 0.3 is 0 Å². The smallest absolute Gasteiger partial charge is 0.228 e. The maximum absolute atomic E-state index is 11.4. The van der Waals surface area contributed by atoms with E-state index in [4.69, 9.17) is 17.3 Å². The van der Waals surface area contributed by atoms with Crippen LogP contribution >= 0.6 is 23.4 Å². The molecule has 0 saturated carbocycles. The van der Waals surface area contributed by atoms with Crippen LogP contribution in [0.3, 0.4) is 0 Å². The maximum atomic E-state index is 11.4. The van der Waals surface area contributed by atoms with Gasteiger partial charge in [-0.25, -0.2) is 9.97 Å². The molecule has 0 saturated heterocycles. The summed E-state index contributed by atoms with van der Waals surface area (Å²) >= 11 is 7.10. The minimum absolute atomic E-state index is 0.00166. The van der Waals surface area contributed by atoms with Crippen LogP contribution in [0.2, 0.25) is 5.15 Å². The Morgan fingerprint density at radius 1 is 1.42 bits per heavy atom. The number of carbonyl (C=O) groups excluding carboxylic acids is 1. The summed E-state index contributed by atoms with van der Waals surface area (Å²) in [6.45, 7) is 0. The Bertz CT molecular complexity index is 677. The van der Waals surface area contributed by atoms with E-state index in [-0.39, 0.29) is 16.9 Å². The third-order valence-corrected chi connectivity index (χ3v) is 3.98. The van der Waals surface area contributed by atoms with Gasteiger partial charge < -0.3 is 11.1 Å². The quantitative estimate of drug-likeness (QED) is 0.888. The number of hydrogen-bond donors (Lipinski definition) is 2. The van der Waals surface area contributed by atoms with Gasteiger partial charge in [-0.2, -0.15) is 0 Å². The molecule has 2 heterocycles. The summed E-state index contributed by atoms with van der Waals surface area (Å²) in [5.41, 5.74) is 7.59. The molecule has 0 bridgehead atoms. The number of rotatable bonds is 2. The molecule has 0 aliphatic carbocycles. The number of hydrogen-bond acceptors (Lipinski definition) is 5. The number of nitrogens with two attached hydrogens (primary N) is 1. The predicted molar refractivity (Wildman–Crippen MR) is 74.4 cm³/mol. The van der Waals surface area contributed by atoms with Crippen LogP contribution in [-0.4, -0.2) is 15.9 Å². The highest BCUT2D eigenvalue weighted by atomic mass is 35.5. The molecular weight excluding hydrogens is 284 g/mol. The standard InChI is InChI=1S/C12H9ClN4OS/c13-9-5-15-12(11(14)17-9)19-8-3-1-2-7-6(8)4-10(18)16-7/h1-3,5H,4H2,(H2,14,17)(H,16,18). The van der Waals surface area contributed by atoms with Gasteiger partial charge in [0.25, 0.3) is 0 Å². The molecule has 0 fully saturated rings. The molecule has 1 aromatic carbocycles. The van der Waals surface area contributed by atoms with E-state index in [2.05, 4.69) is 15.3 Å². The van der Waals surface area contributed by atoms with Crippen LogP contribution in [0.1, 0.15) is 5.56 Å². The molecule has 1 aromatic heterocycles. The minimum Gasteiger partial charge on any atom is -0.381 e. The zero-order valence-electron chi connectivity index (χ0n) is 9.68. The zero-order valence-corrected chi connectivity index (χ0v) is 11.3. The molecule has 0 atom stereocenters. The second kappa shape index (κ2) is 4.71. The van der Waals surface area contributed by atoms with Crippen molar-refractivity contribution in [3.63, 3.8) is 0 Å². The van der Waals surface area contributed by atoms with Gasteiger partial charge in [0.05, 0.1) is 12.6 Å². The number of nitrogens with zero attached hydrogens (tertiary/aromatic N) is 2. The van der Waals surface area contributed by atoms with Crippen molar-refractivity contribution in [1.82, 2.24) is 9.97 Å². The first-order valence-electron chi connectivity index (χ1n) is 5.51. The summed E-state index contributed by atoms with van der Waals surface area (Å²) in [5.74, 6) is 0.283. The second-order valence-corrected chi connectivity index (χ2v) is 5.41. The number of anilines is 2. The van der Waals surface area contributed by atoms with Gasteiger partial charge in [-0.1, -0.05) is 29.4 Å². The number of aromatic nitrogens is 2. The summed E-state index contributed by atoms with van der Waals surface area (Å²) < 4.78 is 0. The SMILES string of the molecule is Nc1nc(Cl)cnc1Sc1cccc2c1CC(=O)N2. The van der Waals surface area contributed by atoms with Gasteiger partial charge in [-0.05, 0) is 17.7 Å². The first-order chi connectivity index (χ1) is 9.13.